The van der Waals surface area contributed by atoms with Crippen LogP contribution in [-0.4, -0.2) is 56.5 Å². The van der Waals surface area contributed by atoms with E-state index in [9.17, 15) is 13.2 Å². The number of aromatic nitrogens is 1. The first-order valence-electron chi connectivity index (χ1n) is 7.43. The van der Waals surface area contributed by atoms with Crippen LogP contribution in [0, 0.1) is 3.95 Å². The van der Waals surface area contributed by atoms with Crippen molar-refractivity contribution in [3.63, 3.8) is 0 Å². The maximum absolute atomic E-state index is 13.0. The van der Waals surface area contributed by atoms with E-state index < -0.39 is 22.0 Å². The lowest BCUT2D eigenvalue weighted by molar-refractivity contribution is -0.123. The van der Waals surface area contributed by atoms with E-state index in [0.29, 0.717) is 14.8 Å². The fourth-order valence-electron chi connectivity index (χ4n) is 2.40. The minimum atomic E-state index is -3.87. The van der Waals surface area contributed by atoms with Gasteiger partial charge in [-0.2, -0.15) is 9.29 Å². The number of hydrogen-bond acceptors (Lipinski definition) is 9. The van der Waals surface area contributed by atoms with Crippen molar-refractivity contribution >= 4 is 54.0 Å². The van der Waals surface area contributed by atoms with Crippen LogP contribution in [0.5, 0.6) is 5.75 Å². The molecule has 26 heavy (non-hydrogen) atoms. The second-order valence-corrected chi connectivity index (χ2v) is 9.86. The smallest absolute Gasteiger partial charge is 0.247 e. The quantitative estimate of drug-likeness (QED) is 0.569. The predicted octanol–water partition coefficient (Wildman–Crippen LogP) is 1.97. The fourth-order valence-corrected chi connectivity index (χ4v) is 5.82. The molecule has 1 N–H and O–H groups in total. The highest BCUT2D eigenvalue weighted by atomic mass is 32.9. The van der Waals surface area contributed by atoms with E-state index in [-0.39, 0.29) is 24.7 Å². The lowest BCUT2D eigenvalue weighted by atomic mass is 10.2. The number of morpholine rings is 1. The largest absolute Gasteiger partial charge is 0.497 e. The van der Waals surface area contributed by atoms with Gasteiger partial charge in [-0.1, -0.05) is 0 Å². The Morgan fingerprint density at radius 2 is 2.12 bits per heavy atom. The first kappa shape index (κ1) is 19.3. The summed E-state index contributed by atoms with van der Waals surface area (Å²) in [5.74, 6) is 0.0447. The van der Waals surface area contributed by atoms with Crippen LogP contribution in [0.2, 0.25) is 0 Å². The summed E-state index contributed by atoms with van der Waals surface area (Å²) in [4.78, 5) is 16.7. The Balaban J connectivity index is 1.84. The normalized spacial score (nSPS) is 18.4. The van der Waals surface area contributed by atoms with E-state index in [1.165, 1.54) is 39.9 Å². The number of hydrogen-bond donors (Lipinski definition) is 1. The second kappa shape index (κ2) is 8.06. The van der Waals surface area contributed by atoms with Gasteiger partial charge in [-0.05, 0) is 57.2 Å². The number of amides is 1. The maximum Gasteiger partial charge on any atom is 0.247 e. The van der Waals surface area contributed by atoms with Crippen molar-refractivity contribution < 1.29 is 22.7 Å². The third kappa shape index (κ3) is 4.10. The molecule has 3 rings (SSSR count). The lowest BCUT2D eigenvalue weighted by Gasteiger charge is -2.33. The Morgan fingerprint density at radius 1 is 1.38 bits per heavy atom. The van der Waals surface area contributed by atoms with Crippen molar-refractivity contribution in [1.82, 2.24) is 9.29 Å². The molecule has 1 amide bonds. The van der Waals surface area contributed by atoms with Crippen molar-refractivity contribution in [2.45, 2.75) is 10.9 Å². The summed E-state index contributed by atoms with van der Waals surface area (Å²) in [6.45, 7) is 0.269. The van der Waals surface area contributed by atoms with E-state index in [1.54, 1.807) is 12.1 Å². The van der Waals surface area contributed by atoms with Crippen molar-refractivity contribution in [3.8, 4) is 5.75 Å². The molecule has 12 heteroatoms. The SMILES string of the molecule is COc1ccc(S(=O)(=O)N2CCOCC2C(=O)Nc2nc(=S)ss2)cc1. The summed E-state index contributed by atoms with van der Waals surface area (Å²) in [7, 11) is 0.111. The summed E-state index contributed by atoms with van der Waals surface area (Å²) in [5, 5.41) is 2.96. The van der Waals surface area contributed by atoms with Gasteiger partial charge in [0, 0.05) is 6.54 Å². The first-order valence-corrected chi connectivity index (χ1v) is 11.4. The zero-order valence-electron chi connectivity index (χ0n) is 13.6. The molecule has 2 heterocycles. The molecule has 1 aliphatic rings. The number of benzene rings is 1. The number of methoxy groups -OCH3 is 1. The summed E-state index contributed by atoms with van der Waals surface area (Å²) in [6.07, 6.45) is 0. The van der Waals surface area contributed by atoms with Crippen molar-refractivity contribution in [1.29, 1.82) is 0 Å². The van der Waals surface area contributed by atoms with Gasteiger partial charge in [0.2, 0.25) is 21.1 Å². The fraction of sp³-hybridized carbons (Fsp3) is 0.357. The highest BCUT2D eigenvalue weighted by Gasteiger charge is 2.38. The Kier molecular flexibility index (Phi) is 5.99. The average Bonchev–Trinajstić information content (AvgIpc) is 3.06. The van der Waals surface area contributed by atoms with Gasteiger partial charge in [-0.15, -0.1) is 0 Å². The summed E-state index contributed by atoms with van der Waals surface area (Å²) < 4.78 is 37.9. The molecule has 1 saturated heterocycles. The van der Waals surface area contributed by atoms with Crippen LogP contribution in [0.15, 0.2) is 29.2 Å². The van der Waals surface area contributed by atoms with Crippen LogP contribution in [0.25, 0.3) is 0 Å². The summed E-state index contributed by atoms with van der Waals surface area (Å²) in [5.41, 5.74) is 0. The number of anilines is 1. The van der Waals surface area contributed by atoms with Gasteiger partial charge in [-0.25, -0.2) is 8.42 Å². The van der Waals surface area contributed by atoms with Crippen LogP contribution >= 0.6 is 32.9 Å². The molecule has 0 bridgehead atoms. The number of rotatable bonds is 5. The third-order valence-corrected chi connectivity index (χ3v) is 8.11. The molecule has 0 spiro atoms. The van der Waals surface area contributed by atoms with Gasteiger partial charge in [0.15, 0.2) is 3.95 Å². The Morgan fingerprint density at radius 3 is 2.73 bits per heavy atom. The molecule has 0 radical (unpaired) electrons. The van der Waals surface area contributed by atoms with Gasteiger partial charge in [0.25, 0.3) is 0 Å². The third-order valence-electron chi connectivity index (χ3n) is 3.66. The number of carbonyl (C=O) groups is 1. The highest BCUT2D eigenvalue weighted by molar-refractivity contribution is 7.89. The van der Waals surface area contributed by atoms with E-state index in [2.05, 4.69) is 10.3 Å². The standard InChI is InChI=1S/C14H15N3O5S4/c1-21-9-2-4-10(5-3-9)26(19,20)17-6-7-22-8-11(17)12(18)15-13-16-14(23)25-24-13/h2-5,11H,6-8H2,1H3,(H,15,16,18,23). The topological polar surface area (TPSA) is 97.8 Å². The summed E-state index contributed by atoms with van der Waals surface area (Å²) in [6, 6.07) is 5.03. The zero-order chi connectivity index (χ0) is 18.7. The van der Waals surface area contributed by atoms with Crippen LogP contribution in [0.4, 0.5) is 5.13 Å². The number of carbonyl (C=O) groups excluding carboxylic acids is 1. The van der Waals surface area contributed by atoms with Crippen molar-refractivity contribution in [2.24, 2.45) is 0 Å². The lowest BCUT2D eigenvalue weighted by Crippen LogP contribution is -2.54. The molecule has 1 atom stereocenters. The van der Waals surface area contributed by atoms with Crippen LogP contribution in [0.3, 0.4) is 0 Å². The van der Waals surface area contributed by atoms with E-state index in [1.807, 2.05) is 0 Å². The van der Waals surface area contributed by atoms with Gasteiger partial charge in [0.1, 0.15) is 11.8 Å². The van der Waals surface area contributed by atoms with Crippen LogP contribution in [-0.2, 0) is 19.6 Å². The molecule has 1 aromatic heterocycles. The minimum Gasteiger partial charge on any atom is -0.497 e. The second-order valence-electron chi connectivity index (χ2n) is 5.22. The van der Waals surface area contributed by atoms with E-state index in [4.69, 9.17) is 21.7 Å². The number of nitrogens with zero attached hydrogens (tertiary/aromatic N) is 2. The van der Waals surface area contributed by atoms with Gasteiger partial charge < -0.3 is 9.47 Å². The highest BCUT2D eigenvalue weighted by Crippen LogP contribution is 2.25. The zero-order valence-corrected chi connectivity index (χ0v) is 16.8. The Bertz CT molecular complexity index is 938. The molecular weight excluding hydrogens is 418 g/mol. The molecule has 1 aliphatic heterocycles. The van der Waals surface area contributed by atoms with Crippen LogP contribution < -0.4 is 10.1 Å². The monoisotopic (exact) mass is 433 g/mol. The van der Waals surface area contributed by atoms with Crippen LogP contribution in [0.1, 0.15) is 0 Å². The van der Waals surface area contributed by atoms with Crippen molar-refractivity contribution in [2.75, 3.05) is 32.2 Å². The Labute approximate surface area is 162 Å². The average molecular weight is 434 g/mol. The number of nitrogens with one attached hydrogen (secondary N) is 1. The molecule has 1 unspecified atom stereocenters. The molecule has 0 saturated carbocycles. The number of ether oxygens (including phenoxy) is 2. The van der Waals surface area contributed by atoms with Gasteiger partial charge in [-0.3, -0.25) is 10.1 Å². The predicted molar refractivity (Wildman–Crippen MR) is 101 cm³/mol. The van der Waals surface area contributed by atoms with E-state index in [0.717, 1.165) is 4.31 Å². The van der Waals surface area contributed by atoms with Gasteiger partial charge in [0.05, 0.1) is 25.2 Å². The summed E-state index contributed by atoms with van der Waals surface area (Å²) >= 11 is 4.93. The molecule has 0 aliphatic carbocycles. The molecule has 2 aromatic rings. The minimum absolute atomic E-state index is 0.0310. The van der Waals surface area contributed by atoms with Crippen molar-refractivity contribution in [3.05, 3.63) is 28.2 Å². The molecule has 140 valence electrons. The molecule has 8 nitrogen and oxygen atoms in total. The van der Waals surface area contributed by atoms with Gasteiger partial charge >= 0.3 is 0 Å². The molecule has 1 fully saturated rings. The Hall–Kier alpha value is -1.44. The maximum atomic E-state index is 13.0. The van der Waals surface area contributed by atoms with E-state index >= 15 is 0 Å². The first-order chi connectivity index (χ1) is 12.4. The molecular formula is C14H15N3O5S4. The molecule has 1 aromatic carbocycles. The number of sulfonamides is 1.